The Hall–Kier alpha value is -2.21. The van der Waals surface area contributed by atoms with Gasteiger partial charge in [0.1, 0.15) is 11.4 Å². The molecular weight excluding hydrogens is 285 g/mol. The van der Waals surface area contributed by atoms with E-state index in [-0.39, 0.29) is 18.3 Å². The fourth-order valence-corrected chi connectivity index (χ4v) is 2.35. The average molecular weight is 305 g/mol. The number of carbonyl (C=O) groups is 1. The van der Waals surface area contributed by atoms with E-state index in [0.717, 1.165) is 5.69 Å². The maximum atomic E-state index is 12.9. The van der Waals surface area contributed by atoms with E-state index in [2.05, 4.69) is 10.4 Å². The van der Waals surface area contributed by atoms with Gasteiger partial charge in [-0.05, 0) is 38.5 Å². The molecule has 0 saturated carbocycles. The molecule has 1 aromatic carbocycles. The van der Waals surface area contributed by atoms with E-state index in [0.29, 0.717) is 16.8 Å². The summed E-state index contributed by atoms with van der Waals surface area (Å²) in [4.78, 5) is 12.3. The van der Waals surface area contributed by atoms with Gasteiger partial charge in [-0.3, -0.25) is 9.48 Å². The third kappa shape index (κ3) is 3.17. The number of rotatable bonds is 4. The smallest absolute Gasteiger partial charge is 0.255 e. The molecule has 2 rings (SSSR count). The number of carbonyl (C=O) groups excluding carboxylic acids is 1. The lowest BCUT2D eigenvalue weighted by Gasteiger charge is -2.24. The molecule has 22 heavy (non-hydrogen) atoms. The first-order valence-electron chi connectivity index (χ1n) is 6.99. The van der Waals surface area contributed by atoms with Crippen molar-refractivity contribution in [2.24, 2.45) is 7.05 Å². The van der Waals surface area contributed by atoms with Gasteiger partial charge in [0.05, 0.1) is 17.8 Å². The number of halogens is 1. The number of aromatic nitrogens is 2. The minimum atomic E-state index is -1.28. The van der Waals surface area contributed by atoms with E-state index < -0.39 is 5.60 Å². The number of nitrogens with one attached hydrogen (secondary N) is 1. The molecule has 0 aliphatic carbocycles. The minimum Gasteiger partial charge on any atom is -0.384 e. The van der Waals surface area contributed by atoms with Crippen molar-refractivity contribution in [1.29, 1.82) is 0 Å². The van der Waals surface area contributed by atoms with Crippen molar-refractivity contribution in [1.82, 2.24) is 15.1 Å². The van der Waals surface area contributed by atoms with Crippen LogP contribution < -0.4 is 5.32 Å². The molecule has 0 bridgehead atoms. The summed E-state index contributed by atoms with van der Waals surface area (Å²) in [6.07, 6.45) is 0. The summed E-state index contributed by atoms with van der Waals surface area (Å²) in [5.74, 6) is -0.657. The Bertz CT molecular complexity index is 690. The van der Waals surface area contributed by atoms with E-state index >= 15 is 0 Å². The predicted molar refractivity (Wildman–Crippen MR) is 81.0 cm³/mol. The molecular formula is C16H20FN3O2. The number of hydrogen-bond donors (Lipinski definition) is 2. The van der Waals surface area contributed by atoms with E-state index in [9.17, 15) is 14.3 Å². The molecule has 0 fully saturated rings. The molecule has 0 radical (unpaired) electrons. The SMILES string of the molecule is Cc1nn(C)c(C)c1C(=O)NCC(C)(O)c1ccc(F)cc1. The number of benzene rings is 1. The molecule has 1 unspecified atom stereocenters. The zero-order valence-electron chi connectivity index (χ0n) is 13.1. The van der Waals surface area contributed by atoms with Crippen LogP contribution in [-0.4, -0.2) is 27.3 Å². The van der Waals surface area contributed by atoms with E-state index in [1.54, 1.807) is 25.6 Å². The minimum absolute atomic E-state index is 0.0191. The standard InChI is InChI=1S/C16H20FN3O2/c1-10-14(11(2)20(4)19-10)15(21)18-9-16(3,22)12-5-7-13(17)8-6-12/h5-8,22H,9H2,1-4H3,(H,18,21). The molecule has 1 atom stereocenters. The lowest BCUT2D eigenvalue weighted by atomic mass is 9.96. The number of aryl methyl sites for hydroxylation is 2. The van der Waals surface area contributed by atoms with Crippen molar-refractivity contribution in [3.05, 3.63) is 52.6 Å². The summed E-state index contributed by atoms with van der Waals surface area (Å²) in [6.45, 7) is 5.17. The van der Waals surface area contributed by atoms with Crippen LogP contribution in [0.25, 0.3) is 0 Å². The Labute approximate surface area is 128 Å². The van der Waals surface area contributed by atoms with Crippen LogP contribution in [0.2, 0.25) is 0 Å². The molecule has 1 amide bonds. The first kappa shape index (κ1) is 16.2. The Kier molecular flexibility index (Phi) is 4.32. The molecule has 118 valence electrons. The highest BCUT2D eigenvalue weighted by atomic mass is 19.1. The van der Waals surface area contributed by atoms with Gasteiger partial charge in [0.2, 0.25) is 0 Å². The second kappa shape index (κ2) is 5.88. The van der Waals surface area contributed by atoms with Gasteiger partial charge >= 0.3 is 0 Å². The molecule has 2 aromatic rings. The monoisotopic (exact) mass is 305 g/mol. The van der Waals surface area contributed by atoms with Gasteiger partial charge < -0.3 is 10.4 Å². The van der Waals surface area contributed by atoms with Crippen LogP contribution in [0, 0.1) is 19.7 Å². The molecule has 1 aromatic heterocycles. The quantitative estimate of drug-likeness (QED) is 0.905. The van der Waals surface area contributed by atoms with Crippen LogP contribution >= 0.6 is 0 Å². The summed E-state index contributed by atoms with van der Waals surface area (Å²) < 4.78 is 14.6. The largest absolute Gasteiger partial charge is 0.384 e. The lowest BCUT2D eigenvalue weighted by Crippen LogP contribution is -2.39. The Morgan fingerprint density at radius 2 is 1.95 bits per heavy atom. The summed E-state index contributed by atoms with van der Waals surface area (Å²) in [5.41, 5.74) is 1.16. The fourth-order valence-electron chi connectivity index (χ4n) is 2.35. The average Bonchev–Trinajstić information content (AvgIpc) is 2.70. The van der Waals surface area contributed by atoms with Crippen molar-refractivity contribution in [3.8, 4) is 0 Å². The third-order valence-electron chi connectivity index (χ3n) is 3.80. The van der Waals surface area contributed by atoms with Crippen LogP contribution in [0.4, 0.5) is 4.39 Å². The van der Waals surface area contributed by atoms with Gasteiger partial charge in [-0.25, -0.2) is 4.39 Å². The molecule has 6 heteroatoms. The van der Waals surface area contributed by atoms with E-state index in [4.69, 9.17) is 0 Å². The molecule has 0 aliphatic heterocycles. The van der Waals surface area contributed by atoms with Crippen molar-refractivity contribution in [3.63, 3.8) is 0 Å². The van der Waals surface area contributed by atoms with Gasteiger partial charge in [0.25, 0.3) is 5.91 Å². The molecule has 2 N–H and O–H groups in total. The molecule has 5 nitrogen and oxygen atoms in total. The van der Waals surface area contributed by atoms with Crippen LogP contribution in [0.5, 0.6) is 0 Å². The normalized spacial score (nSPS) is 13.7. The predicted octanol–water partition coefficient (Wildman–Crippen LogP) is 1.81. The second-order valence-electron chi connectivity index (χ2n) is 5.63. The highest BCUT2D eigenvalue weighted by Crippen LogP contribution is 2.20. The Morgan fingerprint density at radius 3 is 2.45 bits per heavy atom. The highest BCUT2D eigenvalue weighted by Gasteiger charge is 2.25. The maximum Gasteiger partial charge on any atom is 0.255 e. The molecule has 0 aliphatic rings. The number of amides is 1. The van der Waals surface area contributed by atoms with Gasteiger partial charge in [-0.2, -0.15) is 5.10 Å². The molecule has 1 heterocycles. The number of aliphatic hydroxyl groups is 1. The van der Waals surface area contributed by atoms with E-state index in [1.165, 1.54) is 24.3 Å². The molecule has 0 saturated heterocycles. The first-order chi connectivity index (χ1) is 10.2. The summed E-state index contributed by atoms with van der Waals surface area (Å²) >= 11 is 0. The summed E-state index contributed by atoms with van der Waals surface area (Å²) in [6, 6.07) is 5.56. The van der Waals surface area contributed by atoms with Gasteiger partial charge in [-0.1, -0.05) is 12.1 Å². The lowest BCUT2D eigenvalue weighted by molar-refractivity contribution is 0.0525. The van der Waals surface area contributed by atoms with Crippen LogP contribution in [0.15, 0.2) is 24.3 Å². The van der Waals surface area contributed by atoms with Gasteiger partial charge in [0, 0.05) is 12.7 Å². The van der Waals surface area contributed by atoms with E-state index in [1.807, 2.05) is 6.92 Å². The molecule has 0 spiro atoms. The third-order valence-corrected chi connectivity index (χ3v) is 3.80. The van der Waals surface area contributed by atoms with Crippen LogP contribution in [-0.2, 0) is 12.6 Å². The van der Waals surface area contributed by atoms with Gasteiger partial charge in [-0.15, -0.1) is 0 Å². The second-order valence-corrected chi connectivity index (χ2v) is 5.63. The number of nitrogens with zero attached hydrogens (tertiary/aromatic N) is 2. The van der Waals surface area contributed by atoms with Crippen molar-refractivity contribution < 1.29 is 14.3 Å². The van der Waals surface area contributed by atoms with Crippen molar-refractivity contribution >= 4 is 5.91 Å². The zero-order valence-corrected chi connectivity index (χ0v) is 13.1. The maximum absolute atomic E-state index is 12.9. The zero-order chi connectivity index (χ0) is 16.5. The topological polar surface area (TPSA) is 67.2 Å². The summed E-state index contributed by atoms with van der Waals surface area (Å²) in [7, 11) is 1.77. The highest BCUT2D eigenvalue weighted by molar-refractivity contribution is 5.96. The number of hydrogen-bond acceptors (Lipinski definition) is 3. The van der Waals surface area contributed by atoms with Crippen LogP contribution in [0.1, 0.15) is 34.2 Å². The Balaban J connectivity index is 2.11. The van der Waals surface area contributed by atoms with Crippen molar-refractivity contribution in [2.45, 2.75) is 26.4 Å². The van der Waals surface area contributed by atoms with Crippen LogP contribution in [0.3, 0.4) is 0 Å². The van der Waals surface area contributed by atoms with Crippen molar-refractivity contribution in [2.75, 3.05) is 6.54 Å². The summed E-state index contributed by atoms with van der Waals surface area (Å²) in [5, 5.41) is 17.4. The Morgan fingerprint density at radius 1 is 1.36 bits per heavy atom. The van der Waals surface area contributed by atoms with Gasteiger partial charge in [0.15, 0.2) is 0 Å². The first-order valence-corrected chi connectivity index (χ1v) is 6.99. The fraction of sp³-hybridized carbons (Fsp3) is 0.375.